The SMILES string of the molecule is CCCC(N)(c1ccccc1)C1CCCC(S(C)(=O)=O)C1. The Balaban J connectivity index is 2.30. The highest BCUT2D eigenvalue weighted by atomic mass is 32.2. The molecular formula is C17H27NO2S. The first-order chi connectivity index (χ1) is 9.88. The van der Waals surface area contributed by atoms with Gasteiger partial charge in [0.2, 0.25) is 0 Å². The van der Waals surface area contributed by atoms with Gasteiger partial charge in [0, 0.05) is 11.8 Å². The van der Waals surface area contributed by atoms with Gasteiger partial charge in [0.25, 0.3) is 0 Å². The van der Waals surface area contributed by atoms with Crippen LogP contribution in [0.4, 0.5) is 0 Å². The van der Waals surface area contributed by atoms with Crippen molar-refractivity contribution in [2.45, 2.75) is 56.2 Å². The predicted octanol–water partition coefficient (Wildman–Crippen LogP) is 3.24. The molecule has 2 N–H and O–H groups in total. The zero-order valence-corrected chi connectivity index (χ0v) is 13.9. The molecule has 3 nitrogen and oxygen atoms in total. The molecule has 3 atom stereocenters. The lowest BCUT2D eigenvalue weighted by atomic mass is 9.69. The van der Waals surface area contributed by atoms with Gasteiger partial charge >= 0.3 is 0 Å². The summed E-state index contributed by atoms with van der Waals surface area (Å²) in [5, 5.41) is -0.222. The van der Waals surface area contributed by atoms with Gasteiger partial charge in [0.1, 0.15) is 9.84 Å². The monoisotopic (exact) mass is 309 g/mol. The lowest BCUT2D eigenvalue weighted by Crippen LogP contribution is -2.47. The molecular weight excluding hydrogens is 282 g/mol. The van der Waals surface area contributed by atoms with Crippen LogP contribution >= 0.6 is 0 Å². The first kappa shape index (κ1) is 16.5. The van der Waals surface area contributed by atoms with Crippen molar-refractivity contribution in [3.05, 3.63) is 35.9 Å². The van der Waals surface area contributed by atoms with Crippen molar-refractivity contribution in [2.75, 3.05) is 6.26 Å². The quantitative estimate of drug-likeness (QED) is 0.908. The van der Waals surface area contributed by atoms with E-state index in [1.54, 1.807) is 0 Å². The molecule has 0 spiro atoms. The third kappa shape index (κ3) is 3.67. The topological polar surface area (TPSA) is 60.2 Å². The minimum atomic E-state index is -2.97. The Kier molecular flexibility index (Phi) is 5.10. The number of hydrogen-bond acceptors (Lipinski definition) is 3. The summed E-state index contributed by atoms with van der Waals surface area (Å²) in [5.41, 5.74) is 7.56. The van der Waals surface area contributed by atoms with Crippen LogP contribution in [0.3, 0.4) is 0 Å². The molecule has 0 aromatic heterocycles. The van der Waals surface area contributed by atoms with Crippen LogP contribution < -0.4 is 5.73 Å². The maximum atomic E-state index is 11.9. The van der Waals surface area contributed by atoms with Crippen LogP contribution in [0.1, 0.15) is 51.0 Å². The average molecular weight is 309 g/mol. The van der Waals surface area contributed by atoms with Crippen molar-refractivity contribution in [1.29, 1.82) is 0 Å². The van der Waals surface area contributed by atoms with E-state index in [1.807, 2.05) is 18.2 Å². The van der Waals surface area contributed by atoms with Gasteiger partial charge in [-0.25, -0.2) is 8.42 Å². The third-order valence-corrected chi connectivity index (χ3v) is 6.57. The highest BCUT2D eigenvalue weighted by Gasteiger charge is 2.40. The first-order valence-electron chi connectivity index (χ1n) is 7.91. The Hall–Kier alpha value is -0.870. The Morgan fingerprint density at radius 2 is 1.90 bits per heavy atom. The summed E-state index contributed by atoms with van der Waals surface area (Å²) in [4.78, 5) is 0. The fourth-order valence-corrected chi connectivity index (χ4v) is 4.92. The summed E-state index contributed by atoms with van der Waals surface area (Å²) < 4.78 is 23.8. The molecule has 1 aliphatic carbocycles. The largest absolute Gasteiger partial charge is 0.321 e. The molecule has 0 aliphatic heterocycles. The van der Waals surface area contributed by atoms with Gasteiger partial charge in [-0.15, -0.1) is 0 Å². The first-order valence-corrected chi connectivity index (χ1v) is 9.86. The van der Waals surface area contributed by atoms with E-state index in [-0.39, 0.29) is 11.2 Å². The molecule has 0 heterocycles. The van der Waals surface area contributed by atoms with Gasteiger partial charge in [-0.2, -0.15) is 0 Å². The van der Waals surface area contributed by atoms with E-state index in [2.05, 4.69) is 19.1 Å². The number of benzene rings is 1. The minimum absolute atomic E-state index is 0.222. The third-order valence-electron chi connectivity index (χ3n) is 4.94. The van der Waals surface area contributed by atoms with Gasteiger partial charge in [-0.3, -0.25) is 0 Å². The fourth-order valence-electron chi connectivity index (χ4n) is 3.75. The standard InChI is InChI=1S/C17H27NO2S/c1-3-12-17(18,14-8-5-4-6-9-14)15-10-7-11-16(13-15)21(2,19)20/h4-6,8-9,15-16H,3,7,10-13,18H2,1-2H3. The number of nitrogens with two attached hydrogens (primary N) is 1. The summed E-state index contributed by atoms with van der Waals surface area (Å²) in [6.45, 7) is 2.14. The predicted molar refractivity (Wildman–Crippen MR) is 87.8 cm³/mol. The van der Waals surface area contributed by atoms with E-state index in [0.717, 1.165) is 37.7 Å². The van der Waals surface area contributed by atoms with E-state index < -0.39 is 15.4 Å². The molecule has 1 fully saturated rings. The van der Waals surface area contributed by atoms with Crippen LogP contribution in [0.25, 0.3) is 0 Å². The maximum absolute atomic E-state index is 11.9. The second-order valence-corrected chi connectivity index (χ2v) is 8.80. The smallest absolute Gasteiger partial charge is 0.150 e. The Morgan fingerprint density at radius 3 is 2.48 bits per heavy atom. The van der Waals surface area contributed by atoms with E-state index in [1.165, 1.54) is 6.26 Å². The lowest BCUT2D eigenvalue weighted by Gasteiger charge is -2.42. The average Bonchev–Trinajstić information content (AvgIpc) is 2.47. The molecule has 0 saturated heterocycles. The van der Waals surface area contributed by atoms with Crippen molar-refractivity contribution < 1.29 is 8.42 Å². The van der Waals surface area contributed by atoms with Gasteiger partial charge < -0.3 is 5.73 Å². The Morgan fingerprint density at radius 1 is 1.24 bits per heavy atom. The van der Waals surface area contributed by atoms with Gasteiger partial charge in [-0.05, 0) is 37.2 Å². The van der Waals surface area contributed by atoms with Crippen molar-refractivity contribution in [2.24, 2.45) is 11.7 Å². The second-order valence-electron chi connectivity index (χ2n) is 6.47. The van der Waals surface area contributed by atoms with Crippen molar-refractivity contribution in [3.63, 3.8) is 0 Å². The Bertz CT molecular complexity index is 555. The summed E-state index contributed by atoms with van der Waals surface area (Å²) in [7, 11) is -2.97. The lowest BCUT2D eigenvalue weighted by molar-refractivity contribution is 0.193. The molecule has 0 radical (unpaired) electrons. The molecule has 2 rings (SSSR count). The fraction of sp³-hybridized carbons (Fsp3) is 0.647. The molecule has 118 valence electrons. The van der Waals surface area contributed by atoms with Crippen molar-refractivity contribution in [1.82, 2.24) is 0 Å². The molecule has 1 aliphatic rings. The van der Waals surface area contributed by atoms with Crippen molar-refractivity contribution in [3.8, 4) is 0 Å². The van der Waals surface area contributed by atoms with Gasteiger partial charge in [0.15, 0.2) is 0 Å². The summed E-state index contributed by atoms with van der Waals surface area (Å²) >= 11 is 0. The second kappa shape index (κ2) is 6.49. The zero-order valence-electron chi connectivity index (χ0n) is 13.1. The van der Waals surface area contributed by atoms with E-state index in [9.17, 15) is 8.42 Å². The number of sulfone groups is 1. The zero-order chi connectivity index (χ0) is 15.5. The van der Waals surface area contributed by atoms with Crippen LogP contribution in [0.15, 0.2) is 30.3 Å². The molecule has 0 bridgehead atoms. The normalized spacial score (nSPS) is 26.2. The molecule has 1 aromatic carbocycles. The van der Waals surface area contributed by atoms with Crippen LogP contribution in [-0.2, 0) is 15.4 Å². The summed E-state index contributed by atoms with van der Waals surface area (Å²) in [5.74, 6) is 0.244. The minimum Gasteiger partial charge on any atom is -0.321 e. The van der Waals surface area contributed by atoms with E-state index >= 15 is 0 Å². The number of hydrogen-bond donors (Lipinski definition) is 1. The molecule has 1 aromatic rings. The molecule has 4 heteroatoms. The van der Waals surface area contributed by atoms with E-state index in [0.29, 0.717) is 6.42 Å². The highest BCUT2D eigenvalue weighted by molar-refractivity contribution is 7.91. The van der Waals surface area contributed by atoms with Gasteiger partial charge in [-0.1, -0.05) is 50.1 Å². The molecule has 3 unspecified atom stereocenters. The van der Waals surface area contributed by atoms with Crippen molar-refractivity contribution >= 4 is 9.84 Å². The number of rotatable bonds is 5. The van der Waals surface area contributed by atoms with Crippen LogP contribution in [0.5, 0.6) is 0 Å². The van der Waals surface area contributed by atoms with Gasteiger partial charge in [0.05, 0.1) is 5.25 Å². The molecule has 0 amide bonds. The summed E-state index contributed by atoms with van der Waals surface area (Å²) in [6.07, 6.45) is 6.73. The van der Waals surface area contributed by atoms with Crippen LogP contribution in [0.2, 0.25) is 0 Å². The maximum Gasteiger partial charge on any atom is 0.150 e. The highest BCUT2D eigenvalue weighted by Crippen LogP contribution is 2.41. The van der Waals surface area contributed by atoms with Crippen LogP contribution in [0, 0.1) is 5.92 Å². The van der Waals surface area contributed by atoms with E-state index in [4.69, 9.17) is 5.73 Å². The van der Waals surface area contributed by atoms with Crippen LogP contribution in [-0.4, -0.2) is 19.9 Å². The Labute approximate surface area is 128 Å². The molecule has 21 heavy (non-hydrogen) atoms. The molecule has 1 saturated carbocycles. The summed E-state index contributed by atoms with van der Waals surface area (Å²) in [6, 6.07) is 10.2.